The second kappa shape index (κ2) is 9.33. The fourth-order valence-corrected chi connectivity index (χ4v) is 4.94. The molecule has 0 radical (unpaired) electrons. The van der Waals surface area contributed by atoms with E-state index in [2.05, 4.69) is 5.32 Å². The summed E-state index contributed by atoms with van der Waals surface area (Å²) in [6.45, 7) is 1.20. The van der Waals surface area contributed by atoms with E-state index >= 15 is 0 Å². The number of aromatic nitrogens is 1. The highest BCUT2D eigenvalue weighted by Crippen LogP contribution is 2.27. The number of nitrogens with one attached hydrogen (secondary N) is 1. The molecule has 4 aromatic rings. The van der Waals surface area contributed by atoms with Crippen molar-refractivity contribution >= 4 is 45.7 Å². The Morgan fingerprint density at radius 2 is 1.79 bits per heavy atom. The molecule has 1 saturated heterocycles. The standard InChI is InChI=1S/C26H22ClN3O2S/c27-19-7-5-17(6-8-19)24-15-22(21-3-1-2-4-23(21)29-24)26(32)30-12-9-20(10-13-30)28-25(31)18-11-14-33-16-18/h1-8,11,14-16,20H,9-10,12-13H2,(H,28,31). The van der Waals surface area contributed by atoms with Gasteiger partial charge in [0, 0.05) is 46.0 Å². The van der Waals surface area contributed by atoms with Crippen molar-refractivity contribution in [3.05, 3.63) is 87.6 Å². The summed E-state index contributed by atoms with van der Waals surface area (Å²) in [7, 11) is 0. The van der Waals surface area contributed by atoms with Gasteiger partial charge in [-0.2, -0.15) is 11.3 Å². The first kappa shape index (κ1) is 21.6. The van der Waals surface area contributed by atoms with Crippen molar-refractivity contribution in [3.8, 4) is 11.3 Å². The Labute approximate surface area is 201 Å². The van der Waals surface area contributed by atoms with Crippen molar-refractivity contribution in [3.63, 3.8) is 0 Å². The maximum atomic E-state index is 13.6. The highest BCUT2D eigenvalue weighted by atomic mass is 35.5. The molecule has 0 saturated carbocycles. The number of carbonyl (C=O) groups excluding carboxylic acids is 2. The van der Waals surface area contributed by atoms with Gasteiger partial charge in [-0.1, -0.05) is 41.9 Å². The molecule has 0 bridgehead atoms. The Balaban J connectivity index is 1.36. The minimum Gasteiger partial charge on any atom is -0.349 e. The Bertz CT molecular complexity index is 1300. The van der Waals surface area contributed by atoms with Crippen LogP contribution in [-0.2, 0) is 0 Å². The number of piperidine rings is 1. The van der Waals surface area contributed by atoms with Crippen LogP contribution in [0.2, 0.25) is 5.02 Å². The summed E-state index contributed by atoms with van der Waals surface area (Å²) in [5.74, 6) is -0.0554. The van der Waals surface area contributed by atoms with Gasteiger partial charge in [-0.3, -0.25) is 9.59 Å². The molecular weight excluding hydrogens is 454 g/mol. The van der Waals surface area contributed by atoms with Gasteiger partial charge >= 0.3 is 0 Å². The monoisotopic (exact) mass is 475 g/mol. The van der Waals surface area contributed by atoms with E-state index in [1.54, 1.807) is 0 Å². The second-order valence-electron chi connectivity index (χ2n) is 8.13. The predicted molar refractivity (Wildman–Crippen MR) is 133 cm³/mol. The number of hydrogen-bond acceptors (Lipinski definition) is 4. The third-order valence-electron chi connectivity index (χ3n) is 5.99. The van der Waals surface area contributed by atoms with Crippen molar-refractivity contribution in [2.75, 3.05) is 13.1 Å². The molecule has 0 aliphatic carbocycles. The molecule has 5 rings (SSSR count). The van der Waals surface area contributed by atoms with Gasteiger partial charge < -0.3 is 10.2 Å². The molecule has 7 heteroatoms. The molecule has 5 nitrogen and oxygen atoms in total. The Morgan fingerprint density at radius 3 is 2.52 bits per heavy atom. The number of benzene rings is 2. The third-order valence-corrected chi connectivity index (χ3v) is 6.92. The van der Waals surface area contributed by atoms with E-state index in [0.29, 0.717) is 29.2 Å². The number of para-hydroxylation sites is 1. The Kier molecular flexibility index (Phi) is 6.11. The van der Waals surface area contributed by atoms with E-state index in [-0.39, 0.29) is 17.9 Å². The van der Waals surface area contributed by atoms with Crippen LogP contribution in [0.1, 0.15) is 33.6 Å². The van der Waals surface area contributed by atoms with E-state index < -0.39 is 0 Å². The molecule has 2 aromatic heterocycles. The zero-order valence-electron chi connectivity index (χ0n) is 17.8. The average molecular weight is 476 g/mol. The number of nitrogens with zero attached hydrogens (tertiary/aromatic N) is 2. The SMILES string of the molecule is O=C(NC1CCN(C(=O)c2cc(-c3ccc(Cl)cc3)nc3ccccc23)CC1)c1ccsc1. The summed E-state index contributed by atoms with van der Waals surface area (Å²) < 4.78 is 0. The number of fused-ring (bicyclic) bond motifs is 1. The number of likely N-dealkylation sites (tertiary alicyclic amines) is 1. The molecule has 0 unspecified atom stereocenters. The first-order valence-corrected chi connectivity index (χ1v) is 12.2. The Morgan fingerprint density at radius 1 is 1.03 bits per heavy atom. The zero-order valence-corrected chi connectivity index (χ0v) is 19.4. The van der Waals surface area contributed by atoms with Crippen LogP contribution in [-0.4, -0.2) is 40.8 Å². The van der Waals surface area contributed by atoms with Gasteiger partial charge in [0.25, 0.3) is 11.8 Å². The van der Waals surface area contributed by atoms with Crippen LogP contribution >= 0.6 is 22.9 Å². The highest BCUT2D eigenvalue weighted by molar-refractivity contribution is 7.08. The topological polar surface area (TPSA) is 62.3 Å². The summed E-state index contributed by atoms with van der Waals surface area (Å²) in [6, 6.07) is 19.0. The average Bonchev–Trinajstić information content (AvgIpc) is 3.39. The van der Waals surface area contributed by atoms with Crippen LogP contribution in [0.15, 0.2) is 71.4 Å². The summed E-state index contributed by atoms with van der Waals surface area (Å²) >= 11 is 7.55. The smallest absolute Gasteiger partial charge is 0.254 e. The van der Waals surface area contributed by atoms with E-state index in [0.717, 1.165) is 35.0 Å². The van der Waals surface area contributed by atoms with Crippen LogP contribution in [0, 0.1) is 0 Å². The first-order chi connectivity index (χ1) is 16.1. The number of thiophene rings is 1. The number of amides is 2. The molecule has 166 valence electrons. The van der Waals surface area contributed by atoms with E-state index in [9.17, 15) is 9.59 Å². The quantitative estimate of drug-likeness (QED) is 0.414. The molecule has 3 heterocycles. The molecule has 1 aliphatic heterocycles. The molecule has 0 spiro atoms. The van der Waals surface area contributed by atoms with Gasteiger partial charge in [0.2, 0.25) is 0 Å². The number of rotatable bonds is 4. The molecule has 2 aromatic carbocycles. The van der Waals surface area contributed by atoms with Crippen LogP contribution in [0.25, 0.3) is 22.2 Å². The second-order valence-corrected chi connectivity index (χ2v) is 9.35. The van der Waals surface area contributed by atoms with Crippen molar-refractivity contribution in [2.24, 2.45) is 0 Å². The lowest BCUT2D eigenvalue weighted by atomic mass is 10.0. The predicted octanol–water partition coefficient (Wildman–Crippen LogP) is 5.65. The van der Waals surface area contributed by atoms with Gasteiger partial charge in [-0.05, 0) is 48.6 Å². The van der Waals surface area contributed by atoms with Gasteiger partial charge in [0.05, 0.1) is 16.8 Å². The van der Waals surface area contributed by atoms with Crippen molar-refractivity contribution in [1.82, 2.24) is 15.2 Å². The summed E-state index contributed by atoms with van der Waals surface area (Å²) in [5, 5.41) is 8.34. The number of pyridine rings is 1. The van der Waals surface area contributed by atoms with Crippen molar-refractivity contribution in [1.29, 1.82) is 0 Å². The minimum atomic E-state index is -0.0474. The van der Waals surface area contributed by atoms with Crippen molar-refractivity contribution < 1.29 is 9.59 Å². The number of halogens is 1. The summed E-state index contributed by atoms with van der Waals surface area (Å²) in [5.41, 5.74) is 3.77. The molecule has 1 fully saturated rings. The fraction of sp³-hybridized carbons (Fsp3) is 0.192. The minimum absolute atomic E-state index is 0.00794. The third kappa shape index (κ3) is 4.63. The maximum absolute atomic E-state index is 13.6. The van der Waals surface area contributed by atoms with E-state index in [4.69, 9.17) is 16.6 Å². The van der Waals surface area contributed by atoms with Gasteiger partial charge in [-0.25, -0.2) is 4.98 Å². The van der Waals surface area contributed by atoms with E-state index in [1.807, 2.05) is 76.3 Å². The van der Waals surface area contributed by atoms with Crippen LogP contribution in [0.5, 0.6) is 0 Å². The van der Waals surface area contributed by atoms with Crippen LogP contribution < -0.4 is 5.32 Å². The molecule has 1 aliphatic rings. The van der Waals surface area contributed by atoms with Crippen LogP contribution in [0.4, 0.5) is 0 Å². The maximum Gasteiger partial charge on any atom is 0.254 e. The van der Waals surface area contributed by atoms with Crippen molar-refractivity contribution in [2.45, 2.75) is 18.9 Å². The van der Waals surface area contributed by atoms with Gasteiger partial charge in [-0.15, -0.1) is 0 Å². The largest absolute Gasteiger partial charge is 0.349 e. The number of hydrogen-bond donors (Lipinski definition) is 1. The van der Waals surface area contributed by atoms with Gasteiger partial charge in [0.15, 0.2) is 0 Å². The lowest BCUT2D eigenvalue weighted by Gasteiger charge is -2.32. The summed E-state index contributed by atoms with van der Waals surface area (Å²) in [4.78, 5) is 32.6. The normalized spacial score (nSPS) is 14.4. The molecule has 1 N–H and O–H groups in total. The zero-order chi connectivity index (χ0) is 22.8. The lowest BCUT2D eigenvalue weighted by molar-refractivity contribution is 0.0700. The highest BCUT2D eigenvalue weighted by Gasteiger charge is 2.26. The fourth-order valence-electron chi connectivity index (χ4n) is 4.18. The molecule has 2 amide bonds. The van der Waals surface area contributed by atoms with E-state index in [1.165, 1.54) is 11.3 Å². The first-order valence-electron chi connectivity index (χ1n) is 10.9. The lowest BCUT2D eigenvalue weighted by Crippen LogP contribution is -2.46. The van der Waals surface area contributed by atoms with Gasteiger partial charge in [0.1, 0.15) is 0 Å². The number of carbonyl (C=O) groups is 2. The molecular formula is C26H22ClN3O2S. The summed E-state index contributed by atoms with van der Waals surface area (Å²) in [6.07, 6.45) is 1.46. The van der Waals surface area contributed by atoms with Crippen LogP contribution in [0.3, 0.4) is 0 Å². The molecule has 33 heavy (non-hydrogen) atoms. The Hall–Kier alpha value is -3.22. The molecule has 0 atom stereocenters.